The lowest BCUT2D eigenvalue weighted by Crippen LogP contribution is -2.21. The summed E-state index contributed by atoms with van der Waals surface area (Å²) >= 11 is 0. The summed E-state index contributed by atoms with van der Waals surface area (Å²) in [5, 5.41) is 3.44. The molecule has 1 aromatic carbocycles. The van der Waals surface area contributed by atoms with E-state index in [0.717, 1.165) is 13.1 Å². The summed E-state index contributed by atoms with van der Waals surface area (Å²) in [4.78, 5) is 0. The van der Waals surface area contributed by atoms with Gasteiger partial charge in [0, 0.05) is 13.1 Å². The van der Waals surface area contributed by atoms with E-state index in [1.807, 2.05) is 6.07 Å². The highest BCUT2D eigenvalue weighted by molar-refractivity contribution is 5.47. The average molecular weight is 281 g/mol. The van der Waals surface area contributed by atoms with Crippen LogP contribution in [0.4, 0.5) is 0 Å². The van der Waals surface area contributed by atoms with Crippen molar-refractivity contribution < 1.29 is 4.74 Å². The minimum atomic E-state index is 0.0629. The predicted octanol–water partition coefficient (Wildman–Crippen LogP) is 3.79. The molecule has 2 nitrogen and oxygen atoms in total. The van der Waals surface area contributed by atoms with Crippen LogP contribution >= 0.6 is 0 Å². The molecule has 1 heterocycles. The molecule has 2 heteroatoms. The quantitative estimate of drug-likeness (QED) is 0.910. The molecule has 3 atom stereocenters. The summed E-state index contributed by atoms with van der Waals surface area (Å²) in [7, 11) is 0. The summed E-state index contributed by atoms with van der Waals surface area (Å²) < 4.78 is 6.20. The van der Waals surface area contributed by atoms with Crippen molar-refractivity contribution in [2.24, 2.45) is 5.92 Å². The molecule has 1 aliphatic heterocycles. The van der Waals surface area contributed by atoms with Crippen LogP contribution in [0.1, 0.15) is 25.5 Å². The molecule has 0 saturated heterocycles. The number of allylic oxidation sites excluding steroid dienone is 2. The second-order valence-electron chi connectivity index (χ2n) is 5.85. The monoisotopic (exact) mass is 281 g/mol. The fraction of sp³-hybridized carbons (Fsp3) is 0.368. The molecule has 1 N–H and O–H groups in total. The van der Waals surface area contributed by atoms with Crippen molar-refractivity contribution in [3.63, 3.8) is 0 Å². The largest absolute Gasteiger partial charge is 0.362 e. The predicted molar refractivity (Wildman–Crippen MR) is 87.1 cm³/mol. The molecule has 2 aliphatic rings. The minimum Gasteiger partial charge on any atom is -0.362 e. The van der Waals surface area contributed by atoms with Gasteiger partial charge in [-0.25, -0.2) is 0 Å². The van der Waals surface area contributed by atoms with Crippen LogP contribution in [0.2, 0.25) is 0 Å². The first-order valence-corrected chi connectivity index (χ1v) is 7.75. The number of rotatable bonds is 3. The maximum absolute atomic E-state index is 6.20. The van der Waals surface area contributed by atoms with Crippen LogP contribution < -0.4 is 5.32 Å². The second-order valence-corrected chi connectivity index (χ2v) is 5.85. The zero-order chi connectivity index (χ0) is 14.7. The Morgan fingerprint density at radius 2 is 2.05 bits per heavy atom. The first kappa shape index (κ1) is 14.3. The van der Waals surface area contributed by atoms with E-state index in [9.17, 15) is 0 Å². The third kappa shape index (κ3) is 3.34. The number of benzene rings is 1. The highest BCUT2D eigenvalue weighted by atomic mass is 16.5. The van der Waals surface area contributed by atoms with E-state index in [2.05, 4.69) is 67.7 Å². The zero-order valence-corrected chi connectivity index (χ0v) is 12.8. The van der Waals surface area contributed by atoms with E-state index in [0.29, 0.717) is 5.92 Å². The number of nitrogens with one attached hydrogen (secondary N) is 1. The Balaban J connectivity index is 1.74. The highest BCUT2D eigenvalue weighted by Crippen LogP contribution is 2.29. The van der Waals surface area contributed by atoms with Crippen LogP contribution in [0.5, 0.6) is 0 Å². The lowest BCUT2D eigenvalue weighted by molar-refractivity contribution is 0.0473. The maximum atomic E-state index is 6.20. The molecule has 3 rings (SSSR count). The molecule has 110 valence electrons. The Labute approximate surface area is 127 Å². The van der Waals surface area contributed by atoms with Crippen molar-refractivity contribution in [2.45, 2.75) is 26.1 Å². The van der Waals surface area contributed by atoms with Crippen LogP contribution in [-0.4, -0.2) is 19.2 Å². The van der Waals surface area contributed by atoms with Gasteiger partial charge < -0.3 is 10.1 Å². The standard InChI is InChI=1S/C19H23NO/c1-14-13-20-11-10-17-8-9-18(12-19(14)17)21-15(2)16-6-4-3-5-7-16/h3-10,12,14-15,18,20H,11,13H2,1-2H3. The third-order valence-corrected chi connectivity index (χ3v) is 4.22. The number of fused-ring (bicyclic) bond motifs is 1. The van der Waals surface area contributed by atoms with Crippen molar-refractivity contribution in [3.05, 3.63) is 71.3 Å². The van der Waals surface area contributed by atoms with Crippen molar-refractivity contribution in [3.8, 4) is 0 Å². The molecule has 0 fully saturated rings. The fourth-order valence-corrected chi connectivity index (χ4v) is 2.97. The van der Waals surface area contributed by atoms with Gasteiger partial charge in [0.05, 0.1) is 12.2 Å². The van der Waals surface area contributed by atoms with Gasteiger partial charge in [-0.2, -0.15) is 0 Å². The van der Waals surface area contributed by atoms with E-state index in [4.69, 9.17) is 4.74 Å². The van der Waals surface area contributed by atoms with Crippen LogP contribution in [0.3, 0.4) is 0 Å². The van der Waals surface area contributed by atoms with E-state index in [1.165, 1.54) is 16.7 Å². The highest BCUT2D eigenvalue weighted by Gasteiger charge is 2.21. The van der Waals surface area contributed by atoms with Crippen LogP contribution in [0, 0.1) is 5.92 Å². The van der Waals surface area contributed by atoms with Gasteiger partial charge in [-0.05, 0) is 35.6 Å². The molecule has 0 radical (unpaired) electrons. The molecule has 0 spiro atoms. The zero-order valence-electron chi connectivity index (χ0n) is 12.8. The Kier molecular flexibility index (Phi) is 4.37. The van der Waals surface area contributed by atoms with Gasteiger partial charge >= 0.3 is 0 Å². The summed E-state index contributed by atoms with van der Waals surface area (Å²) in [5.74, 6) is 0.529. The Morgan fingerprint density at radius 1 is 1.24 bits per heavy atom. The molecule has 0 aromatic heterocycles. The smallest absolute Gasteiger partial charge is 0.0954 e. The summed E-state index contributed by atoms with van der Waals surface area (Å²) in [5.41, 5.74) is 3.98. The Hall–Kier alpha value is -1.64. The first-order valence-electron chi connectivity index (χ1n) is 7.75. The Morgan fingerprint density at radius 3 is 2.86 bits per heavy atom. The van der Waals surface area contributed by atoms with Crippen molar-refractivity contribution in [2.75, 3.05) is 13.1 Å². The SMILES string of the molecule is CC1CNCC=C2C=CC(OC(C)c3ccccc3)C=C21. The third-order valence-electron chi connectivity index (χ3n) is 4.22. The number of ether oxygens (including phenoxy) is 1. The Bertz CT molecular complexity index is 570. The van der Waals surface area contributed by atoms with Gasteiger partial charge in [0.2, 0.25) is 0 Å². The minimum absolute atomic E-state index is 0.0629. The lowest BCUT2D eigenvalue weighted by atomic mass is 9.89. The van der Waals surface area contributed by atoms with Crippen molar-refractivity contribution >= 4 is 0 Å². The molecule has 1 aromatic rings. The molecule has 21 heavy (non-hydrogen) atoms. The maximum Gasteiger partial charge on any atom is 0.0954 e. The van der Waals surface area contributed by atoms with E-state index >= 15 is 0 Å². The van der Waals surface area contributed by atoms with Crippen LogP contribution in [-0.2, 0) is 4.74 Å². The number of hydrogen-bond acceptors (Lipinski definition) is 2. The van der Waals surface area contributed by atoms with Gasteiger partial charge in [0.25, 0.3) is 0 Å². The summed E-state index contributed by atoms with van der Waals surface area (Å²) in [6.45, 7) is 6.37. The molecule has 0 amide bonds. The topological polar surface area (TPSA) is 21.3 Å². The molecule has 0 bridgehead atoms. The molecule has 1 aliphatic carbocycles. The summed E-state index contributed by atoms with van der Waals surface area (Å²) in [6, 6.07) is 10.4. The van der Waals surface area contributed by atoms with Crippen LogP contribution in [0.25, 0.3) is 0 Å². The normalized spacial score (nSPS) is 26.4. The average Bonchev–Trinajstić information content (AvgIpc) is 2.70. The lowest BCUT2D eigenvalue weighted by Gasteiger charge is -2.24. The molecule has 3 unspecified atom stereocenters. The molecular formula is C19H23NO. The second kappa shape index (κ2) is 6.42. The first-order chi connectivity index (χ1) is 10.2. The van der Waals surface area contributed by atoms with Crippen molar-refractivity contribution in [1.82, 2.24) is 5.32 Å². The van der Waals surface area contributed by atoms with Gasteiger partial charge in [-0.3, -0.25) is 0 Å². The van der Waals surface area contributed by atoms with Gasteiger partial charge in [0.15, 0.2) is 0 Å². The number of hydrogen-bond donors (Lipinski definition) is 1. The van der Waals surface area contributed by atoms with Crippen molar-refractivity contribution in [1.29, 1.82) is 0 Å². The van der Waals surface area contributed by atoms with E-state index in [-0.39, 0.29) is 12.2 Å². The van der Waals surface area contributed by atoms with Gasteiger partial charge in [-0.1, -0.05) is 55.5 Å². The fourth-order valence-electron chi connectivity index (χ4n) is 2.97. The van der Waals surface area contributed by atoms with Gasteiger partial charge in [-0.15, -0.1) is 0 Å². The van der Waals surface area contributed by atoms with E-state index < -0.39 is 0 Å². The molecule has 0 saturated carbocycles. The molecular weight excluding hydrogens is 258 g/mol. The van der Waals surface area contributed by atoms with Gasteiger partial charge in [0.1, 0.15) is 0 Å². The van der Waals surface area contributed by atoms with E-state index in [1.54, 1.807) is 0 Å². The summed E-state index contributed by atoms with van der Waals surface area (Å²) in [6.07, 6.45) is 9.08. The van der Waals surface area contributed by atoms with Crippen LogP contribution in [0.15, 0.2) is 65.8 Å².